The van der Waals surface area contributed by atoms with E-state index in [1.165, 1.54) is 0 Å². The van der Waals surface area contributed by atoms with E-state index in [2.05, 4.69) is 98.8 Å². The number of nitrogens with one attached hydrogen (secondary N) is 4. The first-order chi connectivity index (χ1) is 30.0. The second-order valence-corrected chi connectivity index (χ2v) is 19.1. The normalized spacial score (nSPS) is 15.6. The number of anilines is 5. The highest BCUT2D eigenvalue weighted by molar-refractivity contribution is 8.09. The van der Waals surface area contributed by atoms with Crippen molar-refractivity contribution >= 4 is 67.1 Å². The number of carbonyl (C=O) groups is 1. The number of ether oxygens (including phenoxy) is 1. The molecule has 328 valence electrons. The predicted octanol–water partition coefficient (Wildman–Crippen LogP) is 13.0. The Hall–Kier alpha value is -5.76. The van der Waals surface area contributed by atoms with Gasteiger partial charge in [0.15, 0.2) is 0 Å². The van der Waals surface area contributed by atoms with Crippen LogP contribution in [0.3, 0.4) is 0 Å². The Labute approximate surface area is 371 Å². The second kappa shape index (κ2) is 18.9. The number of carbonyl (C=O) groups excluding carboxylic acids is 1. The van der Waals surface area contributed by atoms with E-state index in [1.807, 2.05) is 48.5 Å². The number of sulfonamides is 1. The summed E-state index contributed by atoms with van der Waals surface area (Å²) in [5.41, 5.74) is 6.66. The smallest absolute Gasteiger partial charge is 0.457 e. The molecule has 1 fully saturated rings. The zero-order valence-electron chi connectivity index (χ0n) is 35.8. The third-order valence-corrected chi connectivity index (χ3v) is 13.9. The van der Waals surface area contributed by atoms with Gasteiger partial charge in [0, 0.05) is 50.2 Å². The number of benzene rings is 6. The molecule has 4 N–H and O–H groups in total. The molecular formula is C50H51F3N4O4S2. The SMILES string of the molecule is C=C(C)C(=O)OC1CCCCC1Nc1ccc(C(c2ccc(Nc3c(C)cccc3C)cc2)c2ccc(Nc3c(C)cccc3C)cc2)c2cc(SNS(=O)(=O)C(F)(F)F)ccc12. The van der Waals surface area contributed by atoms with Gasteiger partial charge in [-0.15, -0.1) is 4.13 Å². The number of hydrogen-bond acceptors (Lipinski definition) is 8. The molecule has 0 saturated heterocycles. The minimum Gasteiger partial charge on any atom is -0.457 e. The van der Waals surface area contributed by atoms with E-state index in [1.54, 1.807) is 29.3 Å². The molecule has 8 nitrogen and oxygen atoms in total. The first kappa shape index (κ1) is 45.3. The highest BCUT2D eigenvalue weighted by Gasteiger charge is 2.46. The summed E-state index contributed by atoms with van der Waals surface area (Å²) in [7, 11) is -5.63. The number of esters is 1. The van der Waals surface area contributed by atoms with E-state index in [0.717, 1.165) is 92.0 Å². The summed E-state index contributed by atoms with van der Waals surface area (Å²) in [6, 6.07) is 37.6. The molecule has 0 bridgehead atoms. The Morgan fingerprint density at radius 2 is 1.25 bits per heavy atom. The van der Waals surface area contributed by atoms with E-state index in [-0.39, 0.29) is 16.9 Å². The quantitative estimate of drug-likeness (QED) is 0.0371. The van der Waals surface area contributed by atoms with Gasteiger partial charge >= 0.3 is 21.5 Å². The average Bonchev–Trinajstić information content (AvgIpc) is 3.25. The van der Waals surface area contributed by atoms with Crippen molar-refractivity contribution in [3.05, 3.63) is 166 Å². The molecule has 0 spiro atoms. The molecule has 1 aliphatic carbocycles. The maximum absolute atomic E-state index is 13.4. The van der Waals surface area contributed by atoms with Crippen LogP contribution < -0.4 is 20.1 Å². The van der Waals surface area contributed by atoms with Crippen LogP contribution in [-0.2, 0) is 19.6 Å². The first-order valence-electron chi connectivity index (χ1n) is 20.8. The van der Waals surface area contributed by atoms with Crippen molar-refractivity contribution < 1.29 is 31.1 Å². The number of halogens is 3. The van der Waals surface area contributed by atoms with Crippen LogP contribution in [-0.4, -0.2) is 32.0 Å². The van der Waals surface area contributed by atoms with E-state index in [4.69, 9.17) is 4.74 Å². The minimum atomic E-state index is -5.63. The molecule has 2 atom stereocenters. The molecule has 0 heterocycles. The zero-order valence-corrected chi connectivity index (χ0v) is 37.5. The molecule has 63 heavy (non-hydrogen) atoms. The molecule has 13 heteroatoms. The van der Waals surface area contributed by atoms with E-state index >= 15 is 0 Å². The average molecular weight is 893 g/mol. The molecule has 0 aromatic heterocycles. The van der Waals surface area contributed by atoms with Gasteiger partial charge in [0.2, 0.25) is 0 Å². The van der Waals surface area contributed by atoms with Crippen molar-refractivity contribution in [2.45, 2.75) is 88.8 Å². The Morgan fingerprint density at radius 3 is 1.76 bits per heavy atom. The van der Waals surface area contributed by atoms with Gasteiger partial charge in [-0.05, 0) is 153 Å². The van der Waals surface area contributed by atoms with Gasteiger partial charge < -0.3 is 20.7 Å². The molecule has 1 aliphatic rings. The van der Waals surface area contributed by atoms with Crippen LogP contribution in [0.25, 0.3) is 10.8 Å². The van der Waals surface area contributed by atoms with E-state index in [0.29, 0.717) is 29.3 Å². The monoisotopic (exact) mass is 892 g/mol. The number of aryl methyl sites for hydroxylation is 4. The number of rotatable bonds is 14. The number of alkyl halides is 3. The van der Waals surface area contributed by atoms with Gasteiger partial charge in [-0.25, -0.2) is 13.2 Å². The summed E-state index contributed by atoms with van der Waals surface area (Å²) in [5, 5.41) is 12.3. The molecule has 7 rings (SSSR count). The minimum absolute atomic E-state index is 0.214. The van der Waals surface area contributed by atoms with Gasteiger partial charge in [0.05, 0.1) is 6.04 Å². The molecule has 6 aromatic carbocycles. The largest absolute Gasteiger partial charge is 0.512 e. The standard InChI is InChI=1S/C50H51F3N4O4S2/c1-30(2)49(58)61-45-16-8-7-15-44(45)56-43-28-27-41(42-29-39(25-26-40(42)43)62-57-63(59,60)50(51,52)53)46(35-17-21-37(22-18-35)54-47-31(3)11-9-12-32(47)4)36-19-23-38(24-20-36)55-48-33(5)13-10-14-34(48)6/h9-14,17-29,44-46,54-57H,1,7-8,15-16H2,2-6H3. The maximum atomic E-state index is 13.4. The Balaban J connectivity index is 1.34. The van der Waals surface area contributed by atoms with Crippen LogP contribution in [0.5, 0.6) is 0 Å². The number of para-hydroxylation sites is 2. The third-order valence-electron chi connectivity index (χ3n) is 11.5. The van der Waals surface area contributed by atoms with Crippen molar-refractivity contribution in [1.82, 2.24) is 4.13 Å². The molecule has 0 aliphatic heterocycles. The number of fused-ring (bicyclic) bond motifs is 1. The van der Waals surface area contributed by atoms with Crippen molar-refractivity contribution in [3.8, 4) is 0 Å². The van der Waals surface area contributed by atoms with Gasteiger partial charge in [0.25, 0.3) is 0 Å². The fourth-order valence-corrected chi connectivity index (χ4v) is 9.68. The molecule has 1 saturated carbocycles. The Morgan fingerprint density at radius 1 is 0.730 bits per heavy atom. The fraction of sp³-hybridized carbons (Fsp3) is 0.260. The zero-order chi connectivity index (χ0) is 45.1. The fourth-order valence-electron chi connectivity index (χ4n) is 8.16. The molecular weight excluding hydrogens is 842 g/mol. The summed E-state index contributed by atoms with van der Waals surface area (Å²) >= 11 is 0.382. The van der Waals surface area contributed by atoms with Crippen molar-refractivity contribution in [2.75, 3.05) is 16.0 Å². The molecule has 2 unspecified atom stereocenters. The van der Waals surface area contributed by atoms with Gasteiger partial charge in [-0.3, -0.25) is 0 Å². The molecule has 0 amide bonds. The lowest BCUT2D eigenvalue weighted by atomic mass is 9.82. The number of hydrogen-bond donors (Lipinski definition) is 4. The van der Waals surface area contributed by atoms with Crippen molar-refractivity contribution in [2.24, 2.45) is 0 Å². The summed E-state index contributed by atoms with van der Waals surface area (Å²) in [4.78, 5) is 12.9. The Kier molecular flexibility index (Phi) is 13.6. The van der Waals surface area contributed by atoms with Gasteiger partial charge in [-0.2, -0.15) is 13.2 Å². The van der Waals surface area contributed by atoms with Crippen molar-refractivity contribution in [1.29, 1.82) is 0 Å². The van der Waals surface area contributed by atoms with Crippen LogP contribution in [0.1, 0.15) is 77.5 Å². The summed E-state index contributed by atoms with van der Waals surface area (Å²) in [6.45, 7) is 13.6. The third kappa shape index (κ3) is 10.4. The molecule has 0 radical (unpaired) electrons. The summed E-state index contributed by atoms with van der Waals surface area (Å²) < 4.78 is 72.0. The van der Waals surface area contributed by atoms with Gasteiger partial charge in [0.1, 0.15) is 6.10 Å². The predicted molar refractivity (Wildman–Crippen MR) is 251 cm³/mol. The maximum Gasteiger partial charge on any atom is 0.512 e. The summed E-state index contributed by atoms with van der Waals surface area (Å²) in [6.07, 6.45) is 2.86. The van der Waals surface area contributed by atoms with Gasteiger partial charge in [-0.1, -0.05) is 85.8 Å². The highest BCUT2D eigenvalue weighted by atomic mass is 32.3. The Bertz CT molecular complexity index is 2620. The second-order valence-electron chi connectivity index (χ2n) is 16.3. The van der Waals surface area contributed by atoms with Crippen LogP contribution >= 0.6 is 11.9 Å². The van der Waals surface area contributed by atoms with Crippen molar-refractivity contribution in [3.63, 3.8) is 0 Å². The van der Waals surface area contributed by atoms with Crippen LogP contribution in [0, 0.1) is 27.7 Å². The van der Waals surface area contributed by atoms with Crippen LogP contribution in [0.2, 0.25) is 0 Å². The lowest BCUT2D eigenvalue weighted by Gasteiger charge is -2.33. The van der Waals surface area contributed by atoms with E-state index in [9.17, 15) is 26.4 Å². The topological polar surface area (TPSA) is 109 Å². The van der Waals surface area contributed by atoms with Crippen LogP contribution in [0.15, 0.2) is 132 Å². The lowest BCUT2D eigenvalue weighted by molar-refractivity contribution is -0.146. The highest BCUT2D eigenvalue weighted by Crippen LogP contribution is 2.42. The molecule has 6 aromatic rings. The lowest BCUT2D eigenvalue weighted by Crippen LogP contribution is -2.40. The van der Waals surface area contributed by atoms with Crippen LogP contribution in [0.4, 0.5) is 41.6 Å². The first-order valence-corrected chi connectivity index (χ1v) is 23.1. The summed E-state index contributed by atoms with van der Waals surface area (Å²) in [5.74, 6) is -0.832. The van der Waals surface area contributed by atoms with E-state index < -0.39 is 27.6 Å².